The second kappa shape index (κ2) is 5.01. The van der Waals surface area contributed by atoms with E-state index in [0.717, 1.165) is 0 Å². The maximum atomic E-state index is 13.1. The molecule has 2 aromatic rings. The molecule has 2 N–H and O–H groups in total. The van der Waals surface area contributed by atoms with E-state index < -0.39 is 11.4 Å². The largest absolute Gasteiger partial charge is 0.493 e. The Morgan fingerprint density at radius 3 is 2.63 bits per heavy atom. The number of hydrogen-bond donors (Lipinski definition) is 2. The third-order valence-electron chi connectivity index (χ3n) is 2.71. The lowest BCUT2D eigenvalue weighted by atomic mass is 10.1. The molecule has 2 rings (SSSR count). The average molecular weight is 283 g/mol. The quantitative estimate of drug-likeness (QED) is 0.890. The van der Waals surface area contributed by atoms with Crippen molar-refractivity contribution in [3.05, 3.63) is 45.0 Å². The van der Waals surface area contributed by atoms with Gasteiger partial charge in [-0.1, -0.05) is 25.4 Å². The molecule has 100 valence electrons. The minimum atomic E-state index is -0.559. The highest BCUT2D eigenvalue weighted by Gasteiger charge is 2.15. The van der Waals surface area contributed by atoms with Crippen molar-refractivity contribution in [2.45, 2.75) is 19.8 Å². The molecule has 0 unspecified atom stereocenters. The van der Waals surface area contributed by atoms with Crippen LogP contribution in [0.4, 0.5) is 4.39 Å². The summed E-state index contributed by atoms with van der Waals surface area (Å²) in [6, 6.07) is 3.93. The minimum absolute atomic E-state index is 0.0763. The first kappa shape index (κ1) is 13.5. The molecule has 0 saturated carbocycles. The van der Waals surface area contributed by atoms with Gasteiger partial charge < -0.3 is 10.1 Å². The van der Waals surface area contributed by atoms with Gasteiger partial charge in [0.1, 0.15) is 11.6 Å². The predicted octanol–water partition coefficient (Wildman–Crippen LogP) is 3.06. The fraction of sp³-hybridized carbons (Fsp3) is 0.231. The average Bonchev–Trinajstić information content (AvgIpc) is 2.31. The van der Waals surface area contributed by atoms with E-state index in [1.54, 1.807) is 13.8 Å². The molecular formula is C13H12ClFN2O2. The summed E-state index contributed by atoms with van der Waals surface area (Å²) in [5.41, 5.74) is 0.226. The number of aromatic amines is 1. The highest BCUT2D eigenvalue weighted by Crippen LogP contribution is 2.25. The van der Waals surface area contributed by atoms with Gasteiger partial charge in [-0.2, -0.15) is 4.98 Å². The molecule has 0 atom stereocenters. The molecule has 0 amide bonds. The number of rotatable bonds is 2. The van der Waals surface area contributed by atoms with Crippen LogP contribution in [-0.2, 0) is 0 Å². The summed E-state index contributed by atoms with van der Waals surface area (Å²) in [4.78, 5) is 18.3. The van der Waals surface area contributed by atoms with E-state index in [1.165, 1.54) is 18.2 Å². The van der Waals surface area contributed by atoms with Crippen LogP contribution >= 0.6 is 11.6 Å². The SMILES string of the molecule is CC(C)c1c(O)nc(-c2ccc(F)c(Cl)c2)[nH]c1=O. The van der Waals surface area contributed by atoms with Gasteiger partial charge in [-0.05, 0) is 24.1 Å². The number of hydrogen-bond acceptors (Lipinski definition) is 3. The zero-order chi connectivity index (χ0) is 14.2. The Balaban J connectivity index is 2.58. The lowest BCUT2D eigenvalue weighted by molar-refractivity contribution is 0.440. The summed E-state index contributed by atoms with van der Waals surface area (Å²) in [6.45, 7) is 3.56. The van der Waals surface area contributed by atoms with Crippen LogP contribution in [0, 0.1) is 5.82 Å². The van der Waals surface area contributed by atoms with Gasteiger partial charge in [0.15, 0.2) is 0 Å². The maximum absolute atomic E-state index is 13.1. The van der Waals surface area contributed by atoms with Gasteiger partial charge in [-0.25, -0.2) is 4.39 Å². The monoisotopic (exact) mass is 282 g/mol. The molecule has 0 aliphatic carbocycles. The van der Waals surface area contributed by atoms with Crippen LogP contribution in [0.25, 0.3) is 11.4 Å². The molecule has 0 saturated heterocycles. The summed E-state index contributed by atoms with van der Waals surface area (Å²) in [6.07, 6.45) is 0. The van der Waals surface area contributed by atoms with Gasteiger partial charge in [-0.15, -0.1) is 0 Å². The molecular weight excluding hydrogens is 271 g/mol. The minimum Gasteiger partial charge on any atom is -0.493 e. The molecule has 19 heavy (non-hydrogen) atoms. The van der Waals surface area contributed by atoms with Crippen LogP contribution in [0.3, 0.4) is 0 Å². The first-order valence-electron chi connectivity index (χ1n) is 5.68. The Morgan fingerprint density at radius 1 is 1.42 bits per heavy atom. The van der Waals surface area contributed by atoms with E-state index in [0.29, 0.717) is 5.56 Å². The highest BCUT2D eigenvalue weighted by molar-refractivity contribution is 6.31. The molecule has 1 aromatic heterocycles. The Bertz CT molecular complexity index is 683. The third kappa shape index (κ3) is 2.61. The number of H-pyrrole nitrogens is 1. The van der Waals surface area contributed by atoms with Crippen molar-refractivity contribution in [2.24, 2.45) is 0 Å². The van der Waals surface area contributed by atoms with Crippen LogP contribution in [0.5, 0.6) is 5.88 Å². The number of aromatic hydroxyl groups is 1. The number of halogens is 2. The predicted molar refractivity (Wildman–Crippen MR) is 71.0 cm³/mol. The fourth-order valence-corrected chi connectivity index (χ4v) is 1.95. The molecule has 4 nitrogen and oxygen atoms in total. The van der Waals surface area contributed by atoms with Gasteiger partial charge in [0, 0.05) is 5.56 Å². The van der Waals surface area contributed by atoms with Crippen molar-refractivity contribution in [1.29, 1.82) is 0 Å². The Morgan fingerprint density at radius 2 is 2.11 bits per heavy atom. The zero-order valence-electron chi connectivity index (χ0n) is 10.4. The molecule has 1 heterocycles. The topological polar surface area (TPSA) is 66.0 Å². The van der Waals surface area contributed by atoms with Crippen LogP contribution in [-0.4, -0.2) is 15.1 Å². The van der Waals surface area contributed by atoms with Gasteiger partial charge in [0.05, 0.1) is 10.6 Å². The summed E-state index contributed by atoms with van der Waals surface area (Å²) >= 11 is 5.67. The van der Waals surface area contributed by atoms with Gasteiger partial charge in [0.25, 0.3) is 5.56 Å². The summed E-state index contributed by atoms with van der Waals surface area (Å²) in [7, 11) is 0. The Kier molecular flexibility index (Phi) is 3.57. The normalized spacial score (nSPS) is 11.0. The standard InChI is InChI=1S/C13H12ClFN2O2/c1-6(2)10-12(18)16-11(17-13(10)19)7-3-4-9(15)8(14)5-7/h3-6H,1-2H3,(H2,16,17,18,19). The molecule has 0 aliphatic heterocycles. The highest BCUT2D eigenvalue weighted by atomic mass is 35.5. The second-order valence-corrected chi connectivity index (χ2v) is 4.84. The molecule has 0 spiro atoms. The van der Waals surface area contributed by atoms with Crippen molar-refractivity contribution < 1.29 is 9.50 Å². The lowest BCUT2D eigenvalue weighted by Crippen LogP contribution is -2.16. The molecule has 0 fully saturated rings. The van der Waals surface area contributed by atoms with Crippen LogP contribution in [0.1, 0.15) is 25.3 Å². The van der Waals surface area contributed by atoms with Crippen molar-refractivity contribution in [1.82, 2.24) is 9.97 Å². The number of benzene rings is 1. The summed E-state index contributed by atoms with van der Waals surface area (Å²) < 4.78 is 13.1. The van der Waals surface area contributed by atoms with Gasteiger partial charge >= 0.3 is 0 Å². The molecule has 0 aliphatic rings. The summed E-state index contributed by atoms with van der Waals surface area (Å²) in [5.74, 6) is -0.888. The first-order chi connectivity index (χ1) is 8.90. The van der Waals surface area contributed by atoms with Crippen LogP contribution < -0.4 is 5.56 Å². The third-order valence-corrected chi connectivity index (χ3v) is 3.00. The Labute approximate surface area is 113 Å². The van der Waals surface area contributed by atoms with Crippen molar-refractivity contribution in [3.63, 3.8) is 0 Å². The van der Waals surface area contributed by atoms with Gasteiger partial charge in [-0.3, -0.25) is 4.79 Å². The molecule has 0 bridgehead atoms. The molecule has 0 radical (unpaired) electrons. The van der Waals surface area contributed by atoms with E-state index >= 15 is 0 Å². The smallest absolute Gasteiger partial charge is 0.258 e. The van der Waals surface area contributed by atoms with Crippen LogP contribution in [0.15, 0.2) is 23.0 Å². The van der Waals surface area contributed by atoms with E-state index in [4.69, 9.17) is 11.6 Å². The zero-order valence-corrected chi connectivity index (χ0v) is 11.1. The van der Waals surface area contributed by atoms with E-state index in [1.807, 2.05) is 0 Å². The number of nitrogens with zero attached hydrogens (tertiary/aromatic N) is 1. The van der Waals surface area contributed by atoms with E-state index in [-0.39, 0.29) is 28.2 Å². The van der Waals surface area contributed by atoms with Crippen molar-refractivity contribution in [3.8, 4) is 17.3 Å². The van der Waals surface area contributed by atoms with Crippen molar-refractivity contribution in [2.75, 3.05) is 0 Å². The second-order valence-electron chi connectivity index (χ2n) is 4.44. The van der Waals surface area contributed by atoms with Gasteiger partial charge in [0.2, 0.25) is 5.88 Å². The Hall–Kier alpha value is -1.88. The molecule has 6 heteroatoms. The summed E-state index contributed by atoms with van der Waals surface area (Å²) in [5, 5.41) is 9.71. The van der Waals surface area contributed by atoms with E-state index in [9.17, 15) is 14.3 Å². The number of aromatic nitrogens is 2. The van der Waals surface area contributed by atoms with E-state index in [2.05, 4.69) is 9.97 Å². The maximum Gasteiger partial charge on any atom is 0.258 e. The van der Waals surface area contributed by atoms with Crippen LogP contribution in [0.2, 0.25) is 5.02 Å². The lowest BCUT2D eigenvalue weighted by Gasteiger charge is -2.08. The van der Waals surface area contributed by atoms with Crippen molar-refractivity contribution >= 4 is 11.6 Å². The molecule has 1 aromatic carbocycles. The fourth-order valence-electron chi connectivity index (χ4n) is 1.77. The number of nitrogens with one attached hydrogen (secondary N) is 1. The first-order valence-corrected chi connectivity index (χ1v) is 6.06.